The van der Waals surface area contributed by atoms with Crippen LogP contribution in [-0.4, -0.2) is 40.4 Å². The first-order valence-corrected chi connectivity index (χ1v) is 11.8. The van der Waals surface area contributed by atoms with Crippen molar-refractivity contribution >= 4 is 24.0 Å². The molecular weight excluding hydrogens is 426 g/mol. The highest BCUT2D eigenvalue weighted by Gasteiger charge is 2.39. The average Bonchev–Trinajstić information content (AvgIpc) is 2.82. The highest BCUT2D eigenvalue weighted by Crippen LogP contribution is 2.49. The summed E-state index contributed by atoms with van der Waals surface area (Å²) in [6.07, 6.45) is 16.5. The number of allylic oxidation sites excluding steroid dienone is 6. The largest absolute Gasteiger partial charge is 0.508 e. The van der Waals surface area contributed by atoms with E-state index in [0.717, 1.165) is 5.57 Å². The zero-order valence-electron chi connectivity index (χ0n) is 19.1. The van der Waals surface area contributed by atoms with Gasteiger partial charge in [-0.05, 0) is 48.3 Å². The number of nitrogens with one attached hydrogen (secondary N) is 1. The van der Waals surface area contributed by atoms with Gasteiger partial charge in [-0.25, -0.2) is 4.99 Å². The second-order valence-electron chi connectivity index (χ2n) is 9.48. The lowest BCUT2D eigenvalue weighted by Crippen LogP contribution is -2.48. The summed E-state index contributed by atoms with van der Waals surface area (Å²) in [5.74, 6) is 0.627. The molecule has 1 aromatic carbocycles. The minimum Gasteiger partial charge on any atom is -0.508 e. The Labute approximate surface area is 198 Å². The van der Waals surface area contributed by atoms with Gasteiger partial charge in [0.15, 0.2) is 5.84 Å². The molecule has 0 amide bonds. The molecule has 0 aromatic heterocycles. The van der Waals surface area contributed by atoms with Crippen molar-refractivity contribution < 1.29 is 14.9 Å². The van der Waals surface area contributed by atoms with Crippen LogP contribution in [-0.2, 0) is 4.74 Å². The number of hydrogen-bond acceptors (Lipinski definition) is 6. The summed E-state index contributed by atoms with van der Waals surface area (Å²) in [6, 6.07) is 6.84. The Kier molecular flexibility index (Phi) is 4.92. The van der Waals surface area contributed by atoms with Crippen molar-refractivity contribution in [1.29, 1.82) is 0 Å². The zero-order chi connectivity index (χ0) is 23.4. The monoisotopic (exact) mass is 453 g/mol. The number of aliphatic hydroxyl groups is 2. The fourth-order valence-electron chi connectivity index (χ4n) is 5.39. The van der Waals surface area contributed by atoms with Gasteiger partial charge in [0.25, 0.3) is 6.02 Å². The molecule has 0 radical (unpaired) electrons. The Morgan fingerprint density at radius 2 is 1.85 bits per heavy atom. The maximum absolute atomic E-state index is 10.6. The number of aliphatic imine (C=N–C) groups is 2. The predicted molar refractivity (Wildman–Crippen MR) is 134 cm³/mol. The molecule has 1 heterocycles. The summed E-state index contributed by atoms with van der Waals surface area (Å²) in [6.45, 7) is 3.90. The Morgan fingerprint density at radius 1 is 1.03 bits per heavy atom. The van der Waals surface area contributed by atoms with Crippen LogP contribution in [0.15, 0.2) is 87.6 Å². The Morgan fingerprint density at radius 3 is 2.65 bits per heavy atom. The van der Waals surface area contributed by atoms with E-state index in [0.29, 0.717) is 11.9 Å². The maximum atomic E-state index is 10.6. The quantitative estimate of drug-likeness (QED) is 0.633. The van der Waals surface area contributed by atoms with Crippen LogP contribution >= 0.6 is 0 Å². The van der Waals surface area contributed by atoms with E-state index in [9.17, 15) is 10.2 Å². The van der Waals surface area contributed by atoms with Gasteiger partial charge in [0, 0.05) is 23.3 Å². The molecule has 6 heteroatoms. The Hall–Kier alpha value is -3.64. The predicted octanol–water partition coefficient (Wildman–Crippen LogP) is 4.40. The first-order valence-electron chi connectivity index (χ1n) is 11.8. The number of amidine groups is 2. The fourth-order valence-corrected chi connectivity index (χ4v) is 5.39. The van der Waals surface area contributed by atoms with Gasteiger partial charge < -0.3 is 20.3 Å². The van der Waals surface area contributed by atoms with Crippen LogP contribution in [0.2, 0.25) is 0 Å². The van der Waals surface area contributed by atoms with E-state index < -0.39 is 12.3 Å². The molecular formula is C28H27N3O3. The number of hydrogen-bond donors (Lipinski definition) is 3. The van der Waals surface area contributed by atoms with Crippen molar-refractivity contribution in [3.8, 4) is 0 Å². The topological polar surface area (TPSA) is 86.4 Å². The maximum Gasteiger partial charge on any atom is 0.293 e. The molecule has 34 heavy (non-hydrogen) atoms. The minimum atomic E-state index is -0.870. The van der Waals surface area contributed by atoms with Crippen LogP contribution in [0.25, 0.3) is 12.2 Å². The number of ether oxygens (including phenoxy) is 1. The van der Waals surface area contributed by atoms with Crippen LogP contribution in [0.5, 0.6) is 0 Å². The van der Waals surface area contributed by atoms with E-state index >= 15 is 0 Å². The summed E-state index contributed by atoms with van der Waals surface area (Å²) in [5.41, 5.74) is 6.20. The van der Waals surface area contributed by atoms with E-state index in [1.807, 2.05) is 13.8 Å². The second kappa shape index (κ2) is 7.99. The summed E-state index contributed by atoms with van der Waals surface area (Å²) < 4.78 is 5.95. The summed E-state index contributed by atoms with van der Waals surface area (Å²) in [5, 5.41) is 23.6. The van der Waals surface area contributed by atoms with E-state index in [-0.39, 0.29) is 29.6 Å². The van der Waals surface area contributed by atoms with Gasteiger partial charge in [0.05, 0.1) is 12.2 Å². The van der Waals surface area contributed by atoms with Crippen molar-refractivity contribution in [3.05, 3.63) is 94.3 Å². The fraction of sp³-hybridized carbons (Fsp3) is 0.286. The van der Waals surface area contributed by atoms with Gasteiger partial charge in [0.1, 0.15) is 11.9 Å². The van der Waals surface area contributed by atoms with Crippen molar-refractivity contribution in [2.45, 2.75) is 38.1 Å². The van der Waals surface area contributed by atoms with E-state index in [1.165, 1.54) is 28.3 Å². The second-order valence-corrected chi connectivity index (χ2v) is 9.48. The lowest BCUT2D eigenvalue weighted by atomic mass is 9.66. The average molecular weight is 454 g/mol. The summed E-state index contributed by atoms with van der Waals surface area (Å²) >= 11 is 0. The molecule has 4 aliphatic carbocycles. The van der Waals surface area contributed by atoms with Gasteiger partial charge in [0.2, 0.25) is 0 Å². The smallest absolute Gasteiger partial charge is 0.293 e. The van der Waals surface area contributed by atoms with Gasteiger partial charge in [-0.3, -0.25) is 0 Å². The molecule has 1 aliphatic heterocycles. The molecule has 5 aliphatic rings. The van der Waals surface area contributed by atoms with Crippen LogP contribution in [0.1, 0.15) is 36.5 Å². The first-order chi connectivity index (χ1) is 16.5. The molecule has 6 rings (SSSR count). The van der Waals surface area contributed by atoms with Crippen LogP contribution in [0, 0.1) is 11.8 Å². The molecule has 6 nitrogen and oxygen atoms in total. The van der Waals surface area contributed by atoms with Gasteiger partial charge in [-0.1, -0.05) is 60.7 Å². The van der Waals surface area contributed by atoms with Crippen LogP contribution in [0.3, 0.4) is 0 Å². The standard InChI is InChI=1S/C28H27N3O3/c1-15(2)34-28-30-26(29-27(31-28)22-13-10-19(32)14-23(22)33)21-12-9-18-7-6-16-4-3-5-17-8-11-20(21)25(18)24(16)17/h3-15,20,22-23,25,27,32-33H,1-2H3,(H,29,30,31). The lowest BCUT2D eigenvalue weighted by molar-refractivity contribution is 0.144. The zero-order valence-corrected chi connectivity index (χ0v) is 19.1. The summed E-state index contributed by atoms with van der Waals surface area (Å²) in [7, 11) is 0. The van der Waals surface area contributed by atoms with Crippen molar-refractivity contribution in [1.82, 2.24) is 5.32 Å². The van der Waals surface area contributed by atoms with Crippen molar-refractivity contribution in [2.24, 2.45) is 21.8 Å². The molecule has 0 saturated heterocycles. The highest BCUT2D eigenvalue weighted by molar-refractivity contribution is 6.07. The summed E-state index contributed by atoms with van der Waals surface area (Å²) in [4.78, 5) is 9.70. The molecule has 0 spiro atoms. The van der Waals surface area contributed by atoms with Gasteiger partial charge >= 0.3 is 0 Å². The SMILES string of the molecule is CC(C)OC1=NC(C2=CC=C3C=Cc4cccc5c4C3C2C=C5)=NC(C2C=CC(O)=CC2O)N1. The third-order valence-electron chi connectivity index (χ3n) is 6.89. The molecule has 0 bridgehead atoms. The van der Waals surface area contributed by atoms with Crippen molar-refractivity contribution in [2.75, 3.05) is 0 Å². The van der Waals surface area contributed by atoms with E-state index in [2.05, 4.69) is 60.0 Å². The lowest BCUT2D eigenvalue weighted by Gasteiger charge is -2.38. The number of rotatable bonds is 3. The van der Waals surface area contributed by atoms with E-state index in [4.69, 9.17) is 14.7 Å². The van der Waals surface area contributed by atoms with Crippen molar-refractivity contribution in [3.63, 3.8) is 0 Å². The Balaban J connectivity index is 1.41. The van der Waals surface area contributed by atoms with Gasteiger partial charge in [-0.2, -0.15) is 4.99 Å². The molecule has 0 saturated carbocycles. The number of nitrogens with zero attached hydrogens (tertiary/aromatic N) is 2. The third kappa shape index (κ3) is 3.46. The highest BCUT2D eigenvalue weighted by atomic mass is 16.5. The molecule has 5 unspecified atom stereocenters. The van der Waals surface area contributed by atoms with Crippen LogP contribution < -0.4 is 5.32 Å². The molecule has 172 valence electrons. The number of aliphatic hydroxyl groups excluding tert-OH is 2. The Bertz CT molecular complexity index is 1290. The number of benzene rings is 1. The van der Waals surface area contributed by atoms with Crippen LogP contribution in [0.4, 0.5) is 0 Å². The minimum absolute atomic E-state index is 0.0518. The van der Waals surface area contributed by atoms with E-state index in [1.54, 1.807) is 12.2 Å². The normalized spacial score (nSPS) is 30.5. The third-order valence-corrected chi connectivity index (χ3v) is 6.89. The van der Waals surface area contributed by atoms with Gasteiger partial charge in [-0.15, -0.1) is 0 Å². The molecule has 3 N–H and O–H groups in total. The first kappa shape index (κ1) is 20.9. The molecule has 1 aromatic rings. The molecule has 5 atom stereocenters. The molecule has 0 fully saturated rings.